The maximum absolute atomic E-state index is 5.55. The molecule has 0 atom stereocenters. The molecule has 0 aromatic carbocycles. The van der Waals surface area contributed by atoms with Gasteiger partial charge in [0.1, 0.15) is 12.1 Å². The zero-order valence-electron chi connectivity index (χ0n) is 9.29. The van der Waals surface area contributed by atoms with Gasteiger partial charge in [-0.05, 0) is 12.8 Å². The van der Waals surface area contributed by atoms with E-state index in [1.54, 1.807) is 0 Å². The van der Waals surface area contributed by atoms with Crippen LogP contribution >= 0.6 is 0 Å². The summed E-state index contributed by atoms with van der Waals surface area (Å²) in [5.41, 5.74) is 1.02. The van der Waals surface area contributed by atoms with Crippen molar-refractivity contribution in [3.8, 4) is 5.88 Å². The predicted molar refractivity (Wildman–Crippen MR) is 61.3 cm³/mol. The van der Waals surface area contributed by atoms with Gasteiger partial charge in [-0.15, -0.1) is 6.58 Å². The SMILES string of the molecule is C=CCCOc1ncnc(NC)c1CC. The second kappa shape index (κ2) is 6.01. The van der Waals surface area contributed by atoms with Crippen molar-refractivity contribution in [2.24, 2.45) is 0 Å². The molecule has 1 aromatic rings. The average molecular weight is 207 g/mol. The van der Waals surface area contributed by atoms with E-state index < -0.39 is 0 Å². The van der Waals surface area contributed by atoms with Crippen molar-refractivity contribution in [2.45, 2.75) is 19.8 Å². The molecule has 0 radical (unpaired) electrons. The first-order valence-corrected chi connectivity index (χ1v) is 5.08. The van der Waals surface area contributed by atoms with E-state index in [0.717, 1.165) is 24.2 Å². The molecule has 4 heteroatoms. The smallest absolute Gasteiger partial charge is 0.221 e. The monoisotopic (exact) mass is 207 g/mol. The molecule has 1 N–H and O–H groups in total. The number of rotatable bonds is 6. The van der Waals surface area contributed by atoms with Crippen LogP contribution in [0.1, 0.15) is 18.9 Å². The van der Waals surface area contributed by atoms with Crippen LogP contribution in [0.3, 0.4) is 0 Å². The Morgan fingerprint density at radius 3 is 2.93 bits per heavy atom. The minimum absolute atomic E-state index is 0.608. The molecular formula is C11H17N3O. The van der Waals surface area contributed by atoms with Gasteiger partial charge < -0.3 is 10.1 Å². The molecule has 82 valence electrons. The Bertz CT molecular complexity index is 326. The van der Waals surface area contributed by atoms with Crippen molar-refractivity contribution in [1.82, 2.24) is 9.97 Å². The van der Waals surface area contributed by atoms with Crippen LogP contribution in [0.4, 0.5) is 5.82 Å². The molecule has 0 bridgehead atoms. The number of hydrogen-bond acceptors (Lipinski definition) is 4. The summed E-state index contributed by atoms with van der Waals surface area (Å²) in [5.74, 6) is 1.50. The van der Waals surface area contributed by atoms with Crippen molar-refractivity contribution in [2.75, 3.05) is 19.0 Å². The highest BCUT2D eigenvalue weighted by molar-refractivity contribution is 5.48. The van der Waals surface area contributed by atoms with E-state index in [4.69, 9.17) is 4.74 Å². The lowest BCUT2D eigenvalue weighted by molar-refractivity contribution is 0.308. The molecule has 1 rings (SSSR count). The molecule has 0 aliphatic carbocycles. The van der Waals surface area contributed by atoms with Crippen molar-refractivity contribution < 1.29 is 4.74 Å². The lowest BCUT2D eigenvalue weighted by Crippen LogP contribution is -2.05. The number of nitrogens with zero attached hydrogens (tertiary/aromatic N) is 2. The van der Waals surface area contributed by atoms with Crippen LogP contribution < -0.4 is 10.1 Å². The van der Waals surface area contributed by atoms with E-state index >= 15 is 0 Å². The Morgan fingerprint density at radius 2 is 2.33 bits per heavy atom. The largest absolute Gasteiger partial charge is 0.477 e. The Hall–Kier alpha value is -1.58. The summed E-state index contributed by atoms with van der Waals surface area (Å²) in [6, 6.07) is 0. The summed E-state index contributed by atoms with van der Waals surface area (Å²) >= 11 is 0. The first-order valence-electron chi connectivity index (χ1n) is 5.08. The lowest BCUT2D eigenvalue weighted by Gasteiger charge is -2.11. The molecule has 1 heterocycles. The van der Waals surface area contributed by atoms with Gasteiger partial charge in [0.25, 0.3) is 0 Å². The standard InChI is InChI=1S/C11H17N3O/c1-4-6-7-15-11-9(5-2)10(12-3)13-8-14-11/h4,8H,1,5-7H2,2-3H3,(H,12,13,14). The van der Waals surface area contributed by atoms with Crippen LogP contribution in [0.2, 0.25) is 0 Å². The van der Waals surface area contributed by atoms with Crippen molar-refractivity contribution in [3.63, 3.8) is 0 Å². The van der Waals surface area contributed by atoms with E-state index in [1.807, 2.05) is 13.1 Å². The van der Waals surface area contributed by atoms with Gasteiger partial charge in [-0.3, -0.25) is 0 Å². The van der Waals surface area contributed by atoms with Crippen LogP contribution in [0.25, 0.3) is 0 Å². The van der Waals surface area contributed by atoms with Crippen LogP contribution in [-0.2, 0) is 6.42 Å². The Balaban J connectivity index is 2.81. The summed E-state index contributed by atoms with van der Waals surface area (Å²) in [4.78, 5) is 8.26. The average Bonchev–Trinajstić information content (AvgIpc) is 2.29. The maximum Gasteiger partial charge on any atom is 0.221 e. The maximum atomic E-state index is 5.55. The molecule has 0 fully saturated rings. The molecule has 0 aliphatic heterocycles. The van der Waals surface area contributed by atoms with Crippen molar-refractivity contribution in [3.05, 3.63) is 24.5 Å². The number of nitrogens with one attached hydrogen (secondary N) is 1. The zero-order valence-corrected chi connectivity index (χ0v) is 9.29. The topological polar surface area (TPSA) is 47.0 Å². The van der Waals surface area contributed by atoms with Gasteiger partial charge in [0.15, 0.2) is 0 Å². The van der Waals surface area contributed by atoms with E-state index in [9.17, 15) is 0 Å². The molecule has 4 nitrogen and oxygen atoms in total. The fraction of sp³-hybridized carbons (Fsp3) is 0.455. The Kier molecular flexibility index (Phi) is 4.60. The molecule has 0 aliphatic rings. The second-order valence-corrected chi connectivity index (χ2v) is 3.04. The van der Waals surface area contributed by atoms with E-state index in [0.29, 0.717) is 12.5 Å². The molecule has 15 heavy (non-hydrogen) atoms. The van der Waals surface area contributed by atoms with E-state index in [-0.39, 0.29) is 0 Å². The van der Waals surface area contributed by atoms with Gasteiger partial charge in [0, 0.05) is 7.05 Å². The summed E-state index contributed by atoms with van der Waals surface area (Å²) in [6.07, 6.45) is 5.00. The highest BCUT2D eigenvalue weighted by atomic mass is 16.5. The first-order chi connectivity index (χ1) is 7.33. The predicted octanol–water partition coefficient (Wildman–Crippen LogP) is 2.04. The van der Waals surface area contributed by atoms with Gasteiger partial charge in [0.05, 0.1) is 12.2 Å². The third kappa shape index (κ3) is 2.94. The van der Waals surface area contributed by atoms with Gasteiger partial charge in [0.2, 0.25) is 5.88 Å². The summed E-state index contributed by atoms with van der Waals surface area (Å²) < 4.78 is 5.55. The van der Waals surface area contributed by atoms with E-state index in [2.05, 4.69) is 28.8 Å². The summed E-state index contributed by atoms with van der Waals surface area (Å²) in [7, 11) is 1.84. The minimum atomic E-state index is 0.608. The highest BCUT2D eigenvalue weighted by Gasteiger charge is 2.08. The summed E-state index contributed by atoms with van der Waals surface area (Å²) in [5, 5.41) is 3.03. The number of ether oxygens (including phenoxy) is 1. The molecule has 0 saturated heterocycles. The third-order valence-corrected chi connectivity index (χ3v) is 2.06. The van der Waals surface area contributed by atoms with Crippen LogP contribution in [-0.4, -0.2) is 23.6 Å². The van der Waals surface area contributed by atoms with Crippen LogP contribution in [0.5, 0.6) is 5.88 Å². The molecule has 1 aromatic heterocycles. The second-order valence-electron chi connectivity index (χ2n) is 3.04. The Morgan fingerprint density at radius 1 is 1.53 bits per heavy atom. The molecule has 0 spiro atoms. The van der Waals surface area contributed by atoms with Gasteiger partial charge in [-0.2, -0.15) is 0 Å². The Labute approximate surface area is 90.4 Å². The van der Waals surface area contributed by atoms with Gasteiger partial charge in [-0.1, -0.05) is 13.0 Å². The highest BCUT2D eigenvalue weighted by Crippen LogP contribution is 2.21. The number of aromatic nitrogens is 2. The van der Waals surface area contributed by atoms with Gasteiger partial charge >= 0.3 is 0 Å². The molecular weight excluding hydrogens is 190 g/mol. The van der Waals surface area contributed by atoms with Crippen LogP contribution in [0, 0.1) is 0 Å². The third-order valence-electron chi connectivity index (χ3n) is 2.06. The minimum Gasteiger partial charge on any atom is -0.477 e. The van der Waals surface area contributed by atoms with Crippen LogP contribution in [0.15, 0.2) is 19.0 Å². The van der Waals surface area contributed by atoms with Gasteiger partial charge in [-0.25, -0.2) is 9.97 Å². The lowest BCUT2D eigenvalue weighted by atomic mass is 10.2. The fourth-order valence-corrected chi connectivity index (χ4v) is 1.29. The quantitative estimate of drug-likeness (QED) is 0.572. The normalized spacial score (nSPS) is 9.73. The molecule has 0 unspecified atom stereocenters. The fourth-order valence-electron chi connectivity index (χ4n) is 1.29. The number of anilines is 1. The number of hydrogen-bond donors (Lipinski definition) is 1. The first kappa shape index (κ1) is 11.5. The van der Waals surface area contributed by atoms with Crippen molar-refractivity contribution in [1.29, 1.82) is 0 Å². The van der Waals surface area contributed by atoms with E-state index in [1.165, 1.54) is 6.33 Å². The molecule has 0 amide bonds. The molecule has 0 saturated carbocycles. The van der Waals surface area contributed by atoms with Crippen molar-refractivity contribution >= 4 is 5.82 Å². The zero-order chi connectivity index (χ0) is 11.1. The summed E-state index contributed by atoms with van der Waals surface area (Å²) in [6.45, 7) is 6.31.